The van der Waals surface area contributed by atoms with E-state index in [0.29, 0.717) is 34.3 Å². The molecule has 2 N–H and O–H groups in total. The van der Waals surface area contributed by atoms with Crippen LogP contribution in [0.5, 0.6) is 28.7 Å². The number of nitrogens with one attached hydrogen (secondary N) is 1. The molecule has 0 fully saturated rings. The number of hydrogen-bond acceptors (Lipinski definition) is 7. The highest BCUT2D eigenvalue weighted by molar-refractivity contribution is 5.55. The van der Waals surface area contributed by atoms with Crippen molar-refractivity contribution in [3.05, 3.63) is 41.0 Å². The van der Waals surface area contributed by atoms with Crippen LogP contribution in [-0.4, -0.2) is 47.2 Å². The standard InChI is InChI=1S/C21H27NO6/c1-24-15-8-12-6-7-22-19(14(12)11-16(15)25-2)20(23)13-9-17(26-3)21(28-5)18(10-13)27-4/h8-11,19-20,22-23H,6-7H2,1-5H3. The van der Waals surface area contributed by atoms with E-state index < -0.39 is 6.10 Å². The van der Waals surface area contributed by atoms with Crippen molar-refractivity contribution in [1.82, 2.24) is 5.32 Å². The van der Waals surface area contributed by atoms with Crippen molar-refractivity contribution in [1.29, 1.82) is 0 Å². The van der Waals surface area contributed by atoms with Crippen LogP contribution in [0.25, 0.3) is 0 Å². The van der Waals surface area contributed by atoms with E-state index in [-0.39, 0.29) is 6.04 Å². The Labute approximate surface area is 165 Å². The van der Waals surface area contributed by atoms with Gasteiger partial charge in [0.15, 0.2) is 23.0 Å². The smallest absolute Gasteiger partial charge is 0.203 e. The minimum atomic E-state index is -0.828. The van der Waals surface area contributed by atoms with Crippen molar-refractivity contribution in [2.24, 2.45) is 0 Å². The molecule has 0 bridgehead atoms. The molecule has 0 saturated carbocycles. The Hall–Kier alpha value is -2.64. The normalized spacial score (nSPS) is 16.7. The Kier molecular flexibility index (Phi) is 6.16. The summed E-state index contributed by atoms with van der Waals surface area (Å²) in [6.07, 6.45) is 0.0135. The minimum absolute atomic E-state index is 0.314. The first-order valence-electron chi connectivity index (χ1n) is 9.04. The third-order valence-electron chi connectivity index (χ3n) is 5.08. The van der Waals surface area contributed by atoms with Gasteiger partial charge in [0, 0.05) is 0 Å². The average molecular weight is 389 g/mol. The summed E-state index contributed by atoms with van der Waals surface area (Å²) >= 11 is 0. The number of aliphatic hydroxyl groups excluding tert-OH is 1. The third-order valence-corrected chi connectivity index (χ3v) is 5.08. The van der Waals surface area contributed by atoms with Gasteiger partial charge < -0.3 is 34.1 Å². The Morgan fingerprint density at radius 1 is 0.821 bits per heavy atom. The first kappa shape index (κ1) is 20.1. The van der Waals surface area contributed by atoms with Crippen molar-refractivity contribution in [3.63, 3.8) is 0 Å². The molecule has 2 unspecified atom stereocenters. The van der Waals surface area contributed by atoms with Crippen molar-refractivity contribution in [3.8, 4) is 28.7 Å². The first-order valence-corrected chi connectivity index (χ1v) is 9.04. The van der Waals surface area contributed by atoms with Crippen LogP contribution >= 0.6 is 0 Å². The number of methoxy groups -OCH3 is 5. The molecule has 1 aliphatic rings. The molecule has 2 aromatic rings. The summed E-state index contributed by atoms with van der Waals surface area (Å²) < 4.78 is 27.1. The lowest BCUT2D eigenvalue weighted by atomic mass is 9.88. The van der Waals surface area contributed by atoms with Gasteiger partial charge in [-0.1, -0.05) is 0 Å². The summed E-state index contributed by atoms with van der Waals surface area (Å²) in [4.78, 5) is 0. The third kappa shape index (κ3) is 3.55. The van der Waals surface area contributed by atoms with E-state index in [0.717, 1.165) is 24.1 Å². The number of aliphatic hydroxyl groups is 1. The van der Waals surface area contributed by atoms with E-state index in [1.807, 2.05) is 12.1 Å². The second-order valence-corrected chi connectivity index (χ2v) is 6.49. The molecule has 152 valence electrons. The van der Waals surface area contributed by atoms with Crippen molar-refractivity contribution in [2.45, 2.75) is 18.6 Å². The van der Waals surface area contributed by atoms with Crippen LogP contribution in [0.3, 0.4) is 0 Å². The number of hydrogen-bond donors (Lipinski definition) is 2. The molecular formula is C21H27NO6. The summed E-state index contributed by atoms with van der Waals surface area (Å²) in [6.45, 7) is 0.745. The zero-order chi connectivity index (χ0) is 20.3. The quantitative estimate of drug-likeness (QED) is 0.754. The highest BCUT2D eigenvalue weighted by atomic mass is 16.5. The molecule has 0 spiro atoms. The fourth-order valence-electron chi connectivity index (χ4n) is 3.66. The number of fused-ring (bicyclic) bond motifs is 1. The SMILES string of the molecule is COc1cc2c(cc1OC)C(C(O)c1cc(OC)c(OC)c(OC)c1)NCC2. The molecule has 0 aliphatic carbocycles. The van der Waals surface area contributed by atoms with Gasteiger partial charge in [0.25, 0.3) is 0 Å². The number of ether oxygens (including phenoxy) is 5. The Morgan fingerprint density at radius 2 is 1.39 bits per heavy atom. The lowest BCUT2D eigenvalue weighted by Crippen LogP contribution is -2.34. The molecule has 1 aliphatic heterocycles. The fourth-order valence-corrected chi connectivity index (χ4v) is 3.66. The predicted molar refractivity (Wildman–Crippen MR) is 105 cm³/mol. The molecule has 2 aromatic carbocycles. The molecule has 3 rings (SSSR count). The minimum Gasteiger partial charge on any atom is -0.493 e. The summed E-state index contributed by atoms with van der Waals surface area (Å²) in [7, 11) is 7.88. The molecular weight excluding hydrogens is 362 g/mol. The summed E-state index contributed by atoms with van der Waals surface area (Å²) in [5, 5.41) is 14.6. The summed E-state index contributed by atoms with van der Waals surface area (Å²) in [6, 6.07) is 7.12. The van der Waals surface area contributed by atoms with E-state index in [9.17, 15) is 5.11 Å². The maximum absolute atomic E-state index is 11.2. The lowest BCUT2D eigenvalue weighted by molar-refractivity contribution is 0.124. The van der Waals surface area contributed by atoms with Gasteiger partial charge in [-0.25, -0.2) is 0 Å². The van der Waals surface area contributed by atoms with Crippen LogP contribution in [0, 0.1) is 0 Å². The molecule has 0 radical (unpaired) electrons. The second kappa shape index (κ2) is 8.58. The monoisotopic (exact) mass is 389 g/mol. The lowest BCUT2D eigenvalue weighted by Gasteiger charge is -2.32. The summed E-state index contributed by atoms with van der Waals surface area (Å²) in [5.74, 6) is 2.80. The van der Waals surface area contributed by atoms with Crippen molar-refractivity contribution in [2.75, 3.05) is 42.1 Å². The van der Waals surface area contributed by atoms with Gasteiger partial charge in [0.05, 0.1) is 47.7 Å². The molecule has 7 heteroatoms. The summed E-state index contributed by atoms with van der Waals surface area (Å²) in [5.41, 5.74) is 2.76. The second-order valence-electron chi connectivity index (χ2n) is 6.49. The van der Waals surface area contributed by atoms with Crippen LogP contribution in [0.1, 0.15) is 28.8 Å². The zero-order valence-corrected chi connectivity index (χ0v) is 16.9. The van der Waals surface area contributed by atoms with Crippen LogP contribution in [-0.2, 0) is 6.42 Å². The zero-order valence-electron chi connectivity index (χ0n) is 16.9. The van der Waals surface area contributed by atoms with Gasteiger partial charge in [-0.05, 0) is 53.9 Å². The first-order chi connectivity index (χ1) is 13.6. The number of benzene rings is 2. The topological polar surface area (TPSA) is 78.4 Å². The van der Waals surface area contributed by atoms with E-state index in [2.05, 4.69) is 5.32 Å². The maximum atomic E-state index is 11.2. The Bertz CT molecular complexity index is 813. The molecule has 2 atom stereocenters. The maximum Gasteiger partial charge on any atom is 0.203 e. The van der Waals surface area contributed by atoms with Crippen LogP contribution < -0.4 is 29.0 Å². The molecule has 7 nitrogen and oxygen atoms in total. The molecule has 1 heterocycles. The van der Waals surface area contributed by atoms with Gasteiger partial charge in [-0.2, -0.15) is 0 Å². The molecule has 0 aromatic heterocycles. The van der Waals surface area contributed by atoms with Gasteiger partial charge in [0.1, 0.15) is 0 Å². The van der Waals surface area contributed by atoms with Gasteiger partial charge in [0.2, 0.25) is 5.75 Å². The van der Waals surface area contributed by atoms with Crippen molar-refractivity contribution >= 4 is 0 Å². The predicted octanol–water partition coefficient (Wildman–Crippen LogP) is 2.65. The highest BCUT2D eigenvalue weighted by Gasteiger charge is 2.30. The fraction of sp³-hybridized carbons (Fsp3) is 0.429. The molecule has 0 amide bonds. The van der Waals surface area contributed by atoms with Gasteiger partial charge in [-0.3, -0.25) is 0 Å². The van der Waals surface area contributed by atoms with Crippen LogP contribution in [0.15, 0.2) is 24.3 Å². The molecule has 0 saturated heterocycles. The van der Waals surface area contributed by atoms with Crippen molar-refractivity contribution < 1.29 is 28.8 Å². The highest BCUT2D eigenvalue weighted by Crippen LogP contribution is 2.44. The Morgan fingerprint density at radius 3 is 1.93 bits per heavy atom. The van der Waals surface area contributed by atoms with E-state index >= 15 is 0 Å². The number of rotatable bonds is 7. The van der Waals surface area contributed by atoms with E-state index in [4.69, 9.17) is 23.7 Å². The van der Waals surface area contributed by atoms with E-state index in [1.165, 1.54) is 0 Å². The molecule has 28 heavy (non-hydrogen) atoms. The van der Waals surface area contributed by atoms with Crippen LogP contribution in [0.4, 0.5) is 0 Å². The largest absolute Gasteiger partial charge is 0.493 e. The van der Waals surface area contributed by atoms with E-state index in [1.54, 1.807) is 47.7 Å². The average Bonchev–Trinajstić information content (AvgIpc) is 2.75. The Balaban J connectivity index is 2.04. The van der Waals surface area contributed by atoms with Gasteiger partial charge >= 0.3 is 0 Å². The van der Waals surface area contributed by atoms with Crippen LogP contribution in [0.2, 0.25) is 0 Å². The van der Waals surface area contributed by atoms with Gasteiger partial charge in [-0.15, -0.1) is 0 Å².